The average Bonchev–Trinajstić information content (AvgIpc) is 2.62. The summed E-state index contributed by atoms with van der Waals surface area (Å²) >= 11 is 0. The van der Waals surface area contributed by atoms with Crippen LogP contribution in [-0.4, -0.2) is 30.6 Å². The van der Waals surface area contributed by atoms with Crippen molar-refractivity contribution < 1.29 is 19.0 Å². The second-order valence-electron chi connectivity index (χ2n) is 4.55. The topological polar surface area (TPSA) is 44.8 Å². The molecule has 84 valence electrons. The Balaban J connectivity index is 2.08. The van der Waals surface area contributed by atoms with Gasteiger partial charge in [-0.25, -0.2) is 4.79 Å². The molecule has 3 unspecified atom stereocenters. The second kappa shape index (κ2) is 3.32. The molecule has 4 heteroatoms. The maximum atomic E-state index is 11.3. The highest BCUT2D eigenvalue weighted by molar-refractivity contribution is 5.90. The maximum absolute atomic E-state index is 11.3. The SMILES string of the molecule is C=C1C(=O)OC(C2COC(C)(C)O2)C1C. The van der Waals surface area contributed by atoms with Gasteiger partial charge in [-0.2, -0.15) is 0 Å². The Bertz CT molecular complexity index is 308. The summed E-state index contributed by atoms with van der Waals surface area (Å²) in [7, 11) is 0. The van der Waals surface area contributed by atoms with Crippen LogP contribution in [0, 0.1) is 5.92 Å². The van der Waals surface area contributed by atoms with Gasteiger partial charge in [-0.1, -0.05) is 13.5 Å². The molecule has 2 heterocycles. The molecule has 2 aliphatic heterocycles. The Hall–Kier alpha value is -0.870. The molecule has 2 rings (SSSR count). The zero-order chi connectivity index (χ0) is 11.2. The number of ether oxygens (including phenoxy) is 3. The Kier molecular flexibility index (Phi) is 2.35. The van der Waals surface area contributed by atoms with Gasteiger partial charge in [0.25, 0.3) is 0 Å². The predicted molar refractivity (Wildman–Crippen MR) is 53.1 cm³/mol. The molecule has 0 N–H and O–H groups in total. The van der Waals surface area contributed by atoms with Gasteiger partial charge in [-0.05, 0) is 13.8 Å². The van der Waals surface area contributed by atoms with Crippen molar-refractivity contribution in [2.24, 2.45) is 5.92 Å². The van der Waals surface area contributed by atoms with Crippen LogP contribution in [0.4, 0.5) is 0 Å². The Morgan fingerprint density at radius 3 is 2.53 bits per heavy atom. The fourth-order valence-electron chi connectivity index (χ4n) is 1.96. The monoisotopic (exact) mass is 212 g/mol. The van der Waals surface area contributed by atoms with Crippen LogP contribution in [0.2, 0.25) is 0 Å². The fraction of sp³-hybridized carbons (Fsp3) is 0.727. The second-order valence-corrected chi connectivity index (χ2v) is 4.55. The van der Waals surface area contributed by atoms with E-state index in [0.29, 0.717) is 12.2 Å². The highest BCUT2D eigenvalue weighted by atomic mass is 16.8. The molecule has 0 bridgehead atoms. The minimum atomic E-state index is -0.583. The molecule has 2 aliphatic rings. The van der Waals surface area contributed by atoms with Gasteiger partial charge in [0.2, 0.25) is 0 Å². The van der Waals surface area contributed by atoms with Crippen LogP contribution < -0.4 is 0 Å². The van der Waals surface area contributed by atoms with Crippen molar-refractivity contribution in [1.82, 2.24) is 0 Å². The van der Waals surface area contributed by atoms with Crippen LogP contribution in [-0.2, 0) is 19.0 Å². The van der Waals surface area contributed by atoms with Gasteiger partial charge in [-0.3, -0.25) is 0 Å². The van der Waals surface area contributed by atoms with E-state index < -0.39 is 5.79 Å². The van der Waals surface area contributed by atoms with Gasteiger partial charge in [-0.15, -0.1) is 0 Å². The van der Waals surface area contributed by atoms with E-state index in [0.717, 1.165) is 0 Å². The number of carbonyl (C=O) groups is 1. The molecule has 2 saturated heterocycles. The first-order valence-electron chi connectivity index (χ1n) is 5.12. The normalized spacial score (nSPS) is 39.5. The molecule has 0 aromatic carbocycles. The van der Waals surface area contributed by atoms with Gasteiger partial charge >= 0.3 is 5.97 Å². The van der Waals surface area contributed by atoms with Gasteiger partial charge in [0.05, 0.1) is 6.61 Å². The molecule has 15 heavy (non-hydrogen) atoms. The van der Waals surface area contributed by atoms with Crippen molar-refractivity contribution in [3.8, 4) is 0 Å². The first-order chi connectivity index (χ1) is 6.91. The van der Waals surface area contributed by atoms with Crippen LogP contribution in [0.5, 0.6) is 0 Å². The van der Waals surface area contributed by atoms with Crippen LogP contribution in [0.3, 0.4) is 0 Å². The molecular weight excluding hydrogens is 196 g/mol. The van der Waals surface area contributed by atoms with Gasteiger partial charge in [0, 0.05) is 11.5 Å². The zero-order valence-electron chi connectivity index (χ0n) is 9.28. The Morgan fingerprint density at radius 2 is 2.13 bits per heavy atom. The Morgan fingerprint density at radius 1 is 1.47 bits per heavy atom. The summed E-state index contributed by atoms with van der Waals surface area (Å²) in [5.41, 5.74) is 0.522. The molecule has 0 saturated carbocycles. The number of carbonyl (C=O) groups excluding carboxylic acids is 1. The molecule has 3 atom stereocenters. The van der Waals surface area contributed by atoms with Gasteiger partial charge in [0.1, 0.15) is 12.2 Å². The molecule has 0 aromatic heterocycles. The summed E-state index contributed by atoms with van der Waals surface area (Å²) in [6, 6.07) is 0. The van der Waals surface area contributed by atoms with E-state index in [1.54, 1.807) is 0 Å². The molecule has 0 amide bonds. The van der Waals surface area contributed by atoms with Crippen molar-refractivity contribution in [2.75, 3.05) is 6.61 Å². The van der Waals surface area contributed by atoms with Crippen LogP contribution in [0.25, 0.3) is 0 Å². The first-order valence-corrected chi connectivity index (χ1v) is 5.12. The number of rotatable bonds is 1. The molecule has 0 aromatic rings. The standard InChI is InChI=1S/C11H16O4/c1-6-7(2)10(12)14-9(6)8-5-13-11(3,4)15-8/h6,8-9H,2,5H2,1,3-4H3. The summed E-state index contributed by atoms with van der Waals surface area (Å²) in [4.78, 5) is 11.3. The summed E-state index contributed by atoms with van der Waals surface area (Å²) in [6.45, 7) is 9.79. The third-order valence-electron chi connectivity index (χ3n) is 2.94. The van der Waals surface area contributed by atoms with E-state index in [1.807, 2.05) is 20.8 Å². The molecule has 0 aliphatic carbocycles. The van der Waals surface area contributed by atoms with E-state index in [2.05, 4.69) is 6.58 Å². The summed E-state index contributed by atoms with van der Waals surface area (Å²) in [5, 5.41) is 0. The third kappa shape index (κ3) is 1.79. The van der Waals surface area contributed by atoms with Crippen molar-refractivity contribution in [1.29, 1.82) is 0 Å². The number of hydrogen-bond acceptors (Lipinski definition) is 4. The van der Waals surface area contributed by atoms with E-state index in [9.17, 15) is 4.79 Å². The lowest BCUT2D eigenvalue weighted by Gasteiger charge is -2.22. The zero-order valence-corrected chi connectivity index (χ0v) is 9.28. The molecule has 4 nitrogen and oxygen atoms in total. The van der Waals surface area contributed by atoms with Crippen LogP contribution in [0.1, 0.15) is 20.8 Å². The summed E-state index contributed by atoms with van der Waals surface area (Å²) < 4.78 is 16.3. The minimum absolute atomic E-state index is 0.000000000000000444. The van der Waals surface area contributed by atoms with Gasteiger partial charge in [0.15, 0.2) is 5.79 Å². The minimum Gasteiger partial charge on any atom is -0.456 e. The van der Waals surface area contributed by atoms with Crippen molar-refractivity contribution in [2.45, 2.75) is 38.8 Å². The quantitative estimate of drug-likeness (QED) is 0.485. The molecule has 0 radical (unpaired) electrons. The van der Waals surface area contributed by atoms with E-state index >= 15 is 0 Å². The van der Waals surface area contributed by atoms with E-state index in [-0.39, 0.29) is 24.1 Å². The van der Waals surface area contributed by atoms with E-state index in [1.165, 1.54) is 0 Å². The van der Waals surface area contributed by atoms with Crippen LogP contribution in [0.15, 0.2) is 12.2 Å². The summed E-state index contributed by atoms with van der Waals surface area (Å²) in [6.07, 6.45) is -0.440. The molecule has 2 fully saturated rings. The number of cyclic esters (lactones) is 1. The average molecular weight is 212 g/mol. The molecule has 0 spiro atoms. The van der Waals surface area contributed by atoms with Crippen molar-refractivity contribution in [3.05, 3.63) is 12.2 Å². The largest absolute Gasteiger partial charge is 0.456 e. The maximum Gasteiger partial charge on any atom is 0.334 e. The predicted octanol–water partition coefficient (Wildman–Crippen LogP) is 1.26. The van der Waals surface area contributed by atoms with Crippen molar-refractivity contribution >= 4 is 5.97 Å². The van der Waals surface area contributed by atoms with Crippen LogP contribution >= 0.6 is 0 Å². The van der Waals surface area contributed by atoms with Crippen molar-refractivity contribution in [3.63, 3.8) is 0 Å². The Labute approximate surface area is 89.2 Å². The highest BCUT2D eigenvalue weighted by Gasteiger charge is 2.46. The smallest absolute Gasteiger partial charge is 0.334 e. The van der Waals surface area contributed by atoms with Gasteiger partial charge < -0.3 is 14.2 Å². The number of hydrogen-bond donors (Lipinski definition) is 0. The lowest BCUT2D eigenvalue weighted by molar-refractivity contribution is -0.163. The highest BCUT2D eigenvalue weighted by Crippen LogP contribution is 2.34. The number of esters is 1. The first kappa shape index (κ1) is 10.6. The lowest BCUT2D eigenvalue weighted by atomic mass is 9.96. The third-order valence-corrected chi connectivity index (χ3v) is 2.94. The molecular formula is C11H16O4. The lowest BCUT2D eigenvalue weighted by Crippen LogP contribution is -2.34. The fourth-order valence-corrected chi connectivity index (χ4v) is 1.96. The summed E-state index contributed by atoms with van der Waals surface area (Å²) in [5.74, 6) is -0.901. The van der Waals surface area contributed by atoms with E-state index in [4.69, 9.17) is 14.2 Å².